The number of nitrogens with zero attached hydrogens (tertiary/aromatic N) is 4. The number of nitrogen functional groups attached to an aromatic ring is 1. The van der Waals surface area contributed by atoms with E-state index in [-0.39, 0.29) is 29.7 Å². The molecule has 1 amide bonds. The van der Waals surface area contributed by atoms with Crippen molar-refractivity contribution in [3.63, 3.8) is 0 Å². The number of anilines is 2. The van der Waals surface area contributed by atoms with Gasteiger partial charge in [-0.3, -0.25) is 4.79 Å². The highest BCUT2D eigenvalue weighted by molar-refractivity contribution is 5.82. The summed E-state index contributed by atoms with van der Waals surface area (Å²) in [6.07, 6.45) is 0.595. The predicted molar refractivity (Wildman–Crippen MR) is 105 cm³/mol. The highest BCUT2D eigenvalue weighted by Gasteiger charge is 2.35. The Labute approximate surface area is 163 Å². The SMILES string of the molecule is Cc1cc(N2CCN(C(=O)C3CC(c4ccccc4O)NN3)CC2)nc(N)n1. The van der Waals surface area contributed by atoms with E-state index in [0.717, 1.165) is 17.1 Å². The number of nitrogens with one attached hydrogen (secondary N) is 2. The van der Waals surface area contributed by atoms with Gasteiger partial charge in [-0.05, 0) is 19.4 Å². The first-order chi connectivity index (χ1) is 13.5. The minimum absolute atomic E-state index is 0.0726. The van der Waals surface area contributed by atoms with Crippen molar-refractivity contribution in [1.29, 1.82) is 0 Å². The summed E-state index contributed by atoms with van der Waals surface area (Å²) in [5.74, 6) is 1.38. The first-order valence-electron chi connectivity index (χ1n) is 9.45. The highest BCUT2D eigenvalue weighted by Crippen LogP contribution is 2.29. The maximum absolute atomic E-state index is 12.9. The van der Waals surface area contributed by atoms with Crippen LogP contribution in [0.4, 0.5) is 11.8 Å². The molecule has 4 rings (SSSR count). The van der Waals surface area contributed by atoms with E-state index in [0.29, 0.717) is 32.6 Å². The first-order valence-corrected chi connectivity index (χ1v) is 9.45. The normalized spacial score (nSPS) is 22.5. The minimum atomic E-state index is -0.312. The molecule has 148 valence electrons. The number of para-hydroxylation sites is 1. The van der Waals surface area contributed by atoms with Crippen LogP contribution in [0.2, 0.25) is 0 Å². The van der Waals surface area contributed by atoms with Gasteiger partial charge in [0.15, 0.2) is 0 Å². The van der Waals surface area contributed by atoms with Gasteiger partial charge in [-0.25, -0.2) is 15.8 Å². The molecule has 0 bridgehead atoms. The molecule has 2 aromatic rings. The van der Waals surface area contributed by atoms with Crippen LogP contribution >= 0.6 is 0 Å². The number of aryl methyl sites for hydroxylation is 1. The van der Waals surface area contributed by atoms with Crippen molar-refractivity contribution in [1.82, 2.24) is 25.7 Å². The third kappa shape index (κ3) is 3.71. The van der Waals surface area contributed by atoms with Gasteiger partial charge in [0.25, 0.3) is 0 Å². The number of carbonyl (C=O) groups excluding carboxylic acids is 1. The van der Waals surface area contributed by atoms with E-state index in [1.165, 1.54) is 0 Å². The average Bonchev–Trinajstić information content (AvgIpc) is 3.17. The van der Waals surface area contributed by atoms with E-state index in [9.17, 15) is 9.90 Å². The summed E-state index contributed by atoms with van der Waals surface area (Å²) in [7, 11) is 0. The van der Waals surface area contributed by atoms with E-state index >= 15 is 0 Å². The summed E-state index contributed by atoms with van der Waals surface area (Å²) in [6, 6.07) is 8.70. The number of carbonyl (C=O) groups is 1. The fourth-order valence-corrected chi connectivity index (χ4v) is 3.82. The Morgan fingerprint density at radius 3 is 2.64 bits per heavy atom. The zero-order chi connectivity index (χ0) is 19.7. The molecular weight excluding hydrogens is 358 g/mol. The lowest BCUT2D eigenvalue weighted by Gasteiger charge is -2.36. The molecule has 2 atom stereocenters. The van der Waals surface area contributed by atoms with Gasteiger partial charge >= 0.3 is 0 Å². The number of rotatable bonds is 3. The van der Waals surface area contributed by atoms with Gasteiger partial charge in [-0.2, -0.15) is 4.98 Å². The van der Waals surface area contributed by atoms with Crippen molar-refractivity contribution < 1.29 is 9.90 Å². The van der Waals surface area contributed by atoms with Gasteiger partial charge in [0, 0.05) is 43.5 Å². The van der Waals surface area contributed by atoms with Gasteiger partial charge < -0.3 is 20.6 Å². The van der Waals surface area contributed by atoms with Crippen molar-refractivity contribution in [2.24, 2.45) is 0 Å². The van der Waals surface area contributed by atoms with Crippen LogP contribution in [-0.4, -0.2) is 58.1 Å². The smallest absolute Gasteiger partial charge is 0.241 e. The Kier molecular flexibility index (Phi) is 5.01. The molecule has 0 saturated carbocycles. The van der Waals surface area contributed by atoms with E-state index < -0.39 is 0 Å². The third-order valence-corrected chi connectivity index (χ3v) is 5.29. The maximum Gasteiger partial charge on any atom is 0.241 e. The molecule has 0 spiro atoms. The number of phenolic OH excluding ortho intramolecular Hbond substituents is 1. The fourth-order valence-electron chi connectivity index (χ4n) is 3.82. The van der Waals surface area contributed by atoms with Crippen LogP contribution in [0.15, 0.2) is 30.3 Å². The lowest BCUT2D eigenvalue weighted by Crippen LogP contribution is -2.53. The van der Waals surface area contributed by atoms with Gasteiger partial charge in [-0.15, -0.1) is 0 Å². The van der Waals surface area contributed by atoms with E-state index in [4.69, 9.17) is 5.73 Å². The number of hydrazine groups is 1. The number of piperazine rings is 1. The summed E-state index contributed by atoms with van der Waals surface area (Å²) in [6.45, 7) is 4.54. The molecular formula is C19H25N7O2. The van der Waals surface area contributed by atoms with E-state index in [2.05, 4.69) is 25.7 Å². The number of hydrogen-bond acceptors (Lipinski definition) is 8. The number of nitrogens with two attached hydrogens (primary N) is 1. The predicted octanol–water partition coefficient (Wildman–Crippen LogP) is 0.329. The Morgan fingerprint density at radius 1 is 1.18 bits per heavy atom. The van der Waals surface area contributed by atoms with Crippen LogP contribution in [0.25, 0.3) is 0 Å². The molecule has 0 radical (unpaired) electrons. The molecule has 5 N–H and O–H groups in total. The molecule has 2 aliphatic heterocycles. The Hall–Kier alpha value is -2.91. The van der Waals surface area contributed by atoms with E-state index in [1.54, 1.807) is 12.1 Å². The second kappa shape index (κ2) is 7.61. The number of hydrogen-bond donors (Lipinski definition) is 4. The lowest BCUT2D eigenvalue weighted by atomic mass is 10.0. The lowest BCUT2D eigenvalue weighted by molar-refractivity contribution is -0.133. The second-order valence-electron chi connectivity index (χ2n) is 7.23. The molecule has 9 heteroatoms. The second-order valence-corrected chi connectivity index (χ2v) is 7.23. The highest BCUT2D eigenvalue weighted by atomic mass is 16.3. The Bertz CT molecular complexity index is 847. The van der Waals surface area contributed by atoms with E-state index in [1.807, 2.05) is 30.0 Å². The van der Waals surface area contributed by atoms with Crippen molar-refractivity contribution in [2.45, 2.75) is 25.4 Å². The van der Waals surface area contributed by atoms with Gasteiger partial charge in [-0.1, -0.05) is 18.2 Å². The third-order valence-electron chi connectivity index (χ3n) is 5.29. The van der Waals surface area contributed by atoms with Crippen molar-refractivity contribution >= 4 is 17.7 Å². The monoisotopic (exact) mass is 383 g/mol. The van der Waals surface area contributed by atoms with Crippen molar-refractivity contribution in [3.8, 4) is 5.75 Å². The summed E-state index contributed by atoms with van der Waals surface area (Å²) in [5.41, 5.74) is 13.6. The molecule has 1 aromatic heterocycles. The zero-order valence-corrected chi connectivity index (χ0v) is 15.8. The number of phenols is 1. The van der Waals surface area contributed by atoms with Crippen LogP contribution in [0.5, 0.6) is 5.75 Å². The van der Waals surface area contributed by atoms with Crippen LogP contribution < -0.4 is 21.5 Å². The van der Waals surface area contributed by atoms with Crippen molar-refractivity contribution in [2.75, 3.05) is 36.8 Å². The average molecular weight is 383 g/mol. The molecule has 28 heavy (non-hydrogen) atoms. The maximum atomic E-state index is 12.9. The topological polar surface area (TPSA) is 120 Å². The van der Waals surface area contributed by atoms with Crippen LogP contribution in [0, 0.1) is 6.92 Å². The molecule has 2 fully saturated rings. The van der Waals surface area contributed by atoms with Crippen LogP contribution in [-0.2, 0) is 4.79 Å². The minimum Gasteiger partial charge on any atom is -0.508 e. The number of aromatic nitrogens is 2. The van der Waals surface area contributed by atoms with Crippen LogP contribution in [0.3, 0.4) is 0 Å². The largest absolute Gasteiger partial charge is 0.508 e. The zero-order valence-electron chi connectivity index (χ0n) is 15.8. The number of benzene rings is 1. The number of amides is 1. The summed E-state index contributed by atoms with van der Waals surface area (Å²) >= 11 is 0. The number of aromatic hydroxyl groups is 1. The Morgan fingerprint density at radius 2 is 1.93 bits per heavy atom. The summed E-state index contributed by atoms with van der Waals surface area (Å²) in [5, 5.41) is 10.0. The quantitative estimate of drug-likeness (QED) is 0.599. The Balaban J connectivity index is 1.35. The molecule has 9 nitrogen and oxygen atoms in total. The standard InChI is InChI=1S/C19H25N7O2/c1-12-10-17(22-19(20)21-12)25-6-8-26(9-7-25)18(28)15-11-14(23-24-15)13-4-2-3-5-16(13)27/h2-5,10,14-15,23-24,27H,6-9,11H2,1H3,(H2,20,21,22). The van der Waals surface area contributed by atoms with Gasteiger partial charge in [0.1, 0.15) is 17.6 Å². The van der Waals surface area contributed by atoms with Gasteiger partial charge in [0.2, 0.25) is 11.9 Å². The molecule has 1 aromatic carbocycles. The van der Waals surface area contributed by atoms with Crippen LogP contribution in [0.1, 0.15) is 23.7 Å². The molecule has 3 heterocycles. The molecule has 2 aliphatic rings. The molecule has 2 unspecified atom stereocenters. The van der Waals surface area contributed by atoms with Gasteiger partial charge in [0.05, 0.1) is 6.04 Å². The molecule has 0 aliphatic carbocycles. The molecule has 2 saturated heterocycles. The summed E-state index contributed by atoms with van der Waals surface area (Å²) in [4.78, 5) is 25.3. The van der Waals surface area contributed by atoms with Crippen molar-refractivity contribution in [3.05, 3.63) is 41.6 Å². The summed E-state index contributed by atoms with van der Waals surface area (Å²) < 4.78 is 0. The first kappa shape index (κ1) is 18.5. The fraction of sp³-hybridized carbons (Fsp3) is 0.421.